The Labute approximate surface area is 177 Å². The second kappa shape index (κ2) is 8.55. The molecule has 0 unspecified atom stereocenters. The molecule has 2 aromatic rings. The van der Waals surface area contributed by atoms with E-state index in [9.17, 15) is 31.1 Å². The lowest BCUT2D eigenvalue weighted by Gasteiger charge is -2.36. The lowest BCUT2D eigenvalue weighted by atomic mass is 9.84. The average molecular weight is 462 g/mol. The number of nitrogens with two attached hydrogens (primary N) is 1. The van der Waals surface area contributed by atoms with Gasteiger partial charge in [-0.2, -0.15) is 13.2 Å². The fraction of sp³-hybridized carbons (Fsp3) is 0.316. The van der Waals surface area contributed by atoms with Gasteiger partial charge in [-0.05, 0) is 18.2 Å². The molecule has 1 aliphatic rings. The van der Waals surface area contributed by atoms with E-state index >= 15 is 0 Å². The number of rotatable bonds is 5. The van der Waals surface area contributed by atoms with Crippen LogP contribution in [0.5, 0.6) is 5.75 Å². The normalized spacial score (nSPS) is 20.8. The van der Waals surface area contributed by atoms with E-state index in [1.165, 1.54) is 25.4 Å². The van der Waals surface area contributed by atoms with Crippen molar-refractivity contribution in [3.8, 4) is 5.75 Å². The zero-order chi connectivity index (χ0) is 23.7. The maximum absolute atomic E-state index is 14.6. The monoisotopic (exact) mass is 462 g/mol. The Morgan fingerprint density at radius 1 is 1.34 bits per heavy atom. The highest BCUT2D eigenvalue weighted by Crippen LogP contribution is 2.42. The summed E-state index contributed by atoms with van der Waals surface area (Å²) in [6.07, 6.45) is -7.52. The van der Waals surface area contributed by atoms with Crippen molar-refractivity contribution in [2.24, 2.45) is 10.7 Å². The number of aliphatic imine (C=N–C) groups is 1. The smallest absolute Gasteiger partial charge is 0.425 e. The Balaban J connectivity index is 1.99. The number of benzene rings is 1. The van der Waals surface area contributed by atoms with Gasteiger partial charge < -0.3 is 20.5 Å². The molecule has 0 saturated heterocycles. The van der Waals surface area contributed by atoms with E-state index in [4.69, 9.17) is 10.5 Å². The van der Waals surface area contributed by atoms with Gasteiger partial charge in [0.25, 0.3) is 11.9 Å². The van der Waals surface area contributed by atoms with Crippen LogP contribution in [0.25, 0.3) is 0 Å². The van der Waals surface area contributed by atoms with Crippen molar-refractivity contribution in [1.29, 1.82) is 0 Å². The zero-order valence-corrected chi connectivity index (χ0v) is 16.3. The maximum atomic E-state index is 14.6. The Hall–Kier alpha value is -3.51. The standard InChI is InChI=1S/C19H16F6N4O3/c1-31-10-2-3-13(27-7-10)16(30)28-9-4-11(15(22)12(21)5-9)18(8-20)6-14(19(23,24)25)32-17(26)29-18/h2-5,7,14H,6,8H2,1H3,(H2,26,29)(H,28,30)/t14-,18+/m0/s1. The molecule has 1 amide bonds. The van der Waals surface area contributed by atoms with Crippen molar-refractivity contribution in [1.82, 2.24) is 4.98 Å². The highest BCUT2D eigenvalue weighted by molar-refractivity contribution is 6.02. The summed E-state index contributed by atoms with van der Waals surface area (Å²) in [6.45, 7) is -1.64. The molecule has 3 rings (SSSR count). The summed E-state index contributed by atoms with van der Waals surface area (Å²) < 4.78 is 91.7. The first-order valence-electron chi connectivity index (χ1n) is 8.94. The van der Waals surface area contributed by atoms with E-state index < -0.39 is 60.0 Å². The molecule has 32 heavy (non-hydrogen) atoms. The first kappa shape index (κ1) is 23.2. The number of halogens is 6. The van der Waals surface area contributed by atoms with Crippen LogP contribution in [-0.2, 0) is 10.3 Å². The van der Waals surface area contributed by atoms with E-state index in [0.29, 0.717) is 11.8 Å². The number of amidine groups is 1. The van der Waals surface area contributed by atoms with Crippen LogP contribution >= 0.6 is 0 Å². The second-order valence-corrected chi connectivity index (χ2v) is 6.82. The van der Waals surface area contributed by atoms with Gasteiger partial charge >= 0.3 is 6.18 Å². The molecule has 2 heterocycles. The highest BCUT2D eigenvalue weighted by Gasteiger charge is 2.52. The molecular weight excluding hydrogens is 446 g/mol. The number of methoxy groups -OCH3 is 1. The summed E-state index contributed by atoms with van der Waals surface area (Å²) in [6, 6.07) is 3.05. The van der Waals surface area contributed by atoms with Crippen LogP contribution in [0.1, 0.15) is 22.5 Å². The number of amides is 1. The molecule has 0 aliphatic carbocycles. The summed E-state index contributed by atoms with van der Waals surface area (Å²) in [4.78, 5) is 19.7. The SMILES string of the molecule is COc1ccc(C(=O)Nc2cc(F)c(F)c([C@]3(CF)C[C@@H](C(F)(F)F)OC(N)=N3)c2)nc1. The van der Waals surface area contributed by atoms with Crippen molar-refractivity contribution in [2.45, 2.75) is 24.2 Å². The van der Waals surface area contributed by atoms with Crippen LogP contribution in [0, 0.1) is 11.6 Å². The van der Waals surface area contributed by atoms with Gasteiger partial charge in [0.05, 0.1) is 13.3 Å². The van der Waals surface area contributed by atoms with Gasteiger partial charge in [0.1, 0.15) is 23.7 Å². The minimum Gasteiger partial charge on any atom is -0.495 e. The summed E-state index contributed by atoms with van der Waals surface area (Å²) in [7, 11) is 1.38. The Morgan fingerprint density at radius 3 is 2.62 bits per heavy atom. The van der Waals surface area contributed by atoms with Crippen molar-refractivity contribution < 1.29 is 40.6 Å². The molecular formula is C19H16F6N4O3. The Kier molecular flexibility index (Phi) is 6.19. The predicted molar refractivity (Wildman–Crippen MR) is 99.9 cm³/mol. The van der Waals surface area contributed by atoms with Gasteiger partial charge in [-0.1, -0.05) is 0 Å². The molecule has 0 radical (unpaired) electrons. The van der Waals surface area contributed by atoms with Gasteiger partial charge in [0, 0.05) is 23.7 Å². The Bertz CT molecular complexity index is 1040. The van der Waals surface area contributed by atoms with E-state index in [1.54, 1.807) is 0 Å². The number of ether oxygens (including phenoxy) is 2. The number of hydrogen-bond acceptors (Lipinski definition) is 6. The number of aromatic nitrogens is 1. The number of nitrogens with zero attached hydrogens (tertiary/aromatic N) is 2. The second-order valence-electron chi connectivity index (χ2n) is 6.82. The number of carbonyl (C=O) groups excluding carboxylic acids is 1. The van der Waals surface area contributed by atoms with E-state index in [2.05, 4.69) is 20.0 Å². The molecule has 0 bridgehead atoms. The topological polar surface area (TPSA) is 98.8 Å². The lowest BCUT2D eigenvalue weighted by molar-refractivity contribution is -0.209. The maximum Gasteiger partial charge on any atom is 0.425 e. The molecule has 1 aromatic heterocycles. The quantitative estimate of drug-likeness (QED) is 0.664. The predicted octanol–water partition coefficient (Wildman–Crippen LogP) is 3.45. The first-order valence-corrected chi connectivity index (χ1v) is 8.94. The minimum absolute atomic E-state index is 0.122. The third-order valence-corrected chi connectivity index (χ3v) is 4.69. The van der Waals surface area contributed by atoms with Gasteiger partial charge in [0.2, 0.25) is 0 Å². The van der Waals surface area contributed by atoms with Crippen LogP contribution in [0.4, 0.5) is 32.0 Å². The molecule has 3 N–H and O–H groups in total. The number of pyridine rings is 1. The first-order chi connectivity index (χ1) is 15.0. The molecule has 7 nitrogen and oxygen atoms in total. The molecule has 172 valence electrons. The number of anilines is 1. The zero-order valence-electron chi connectivity index (χ0n) is 16.3. The molecule has 1 aliphatic heterocycles. The van der Waals surface area contributed by atoms with Gasteiger partial charge in [-0.3, -0.25) is 4.79 Å². The molecule has 2 atom stereocenters. The van der Waals surface area contributed by atoms with Gasteiger partial charge in [0.15, 0.2) is 17.7 Å². The van der Waals surface area contributed by atoms with Crippen LogP contribution < -0.4 is 15.8 Å². The third kappa shape index (κ3) is 4.55. The van der Waals surface area contributed by atoms with Crippen LogP contribution in [0.3, 0.4) is 0 Å². The van der Waals surface area contributed by atoms with Gasteiger partial charge in [-0.25, -0.2) is 23.1 Å². The highest BCUT2D eigenvalue weighted by atomic mass is 19.4. The molecule has 0 saturated carbocycles. The molecule has 0 fully saturated rings. The van der Waals surface area contributed by atoms with Crippen molar-refractivity contribution >= 4 is 17.6 Å². The number of hydrogen-bond donors (Lipinski definition) is 2. The number of alkyl halides is 4. The van der Waals surface area contributed by atoms with Crippen LogP contribution in [0.15, 0.2) is 35.5 Å². The fourth-order valence-corrected chi connectivity index (χ4v) is 3.12. The molecule has 13 heteroatoms. The van der Waals surface area contributed by atoms with Crippen LogP contribution in [-0.4, -0.2) is 43.0 Å². The summed E-state index contributed by atoms with van der Waals surface area (Å²) in [5.41, 5.74) is 1.40. The van der Waals surface area contributed by atoms with Crippen molar-refractivity contribution in [3.63, 3.8) is 0 Å². The summed E-state index contributed by atoms with van der Waals surface area (Å²) in [5, 5.41) is 2.23. The molecule has 0 spiro atoms. The number of carbonyl (C=O) groups is 1. The van der Waals surface area contributed by atoms with E-state index in [0.717, 1.165) is 6.07 Å². The van der Waals surface area contributed by atoms with E-state index in [1.807, 2.05) is 0 Å². The minimum atomic E-state index is -4.97. The van der Waals surface area contributed by atoms with Crippen molar-refractivity contribution in [3.05, 3.63) is 53.4 Å². The average Bonchev–Trinajstić information content (AvgIpc) is 2.75. The van der Waals surface area contributed by atoms with Crippen molar-refractivity contribution in [2.75, 3.05) is 19.1 Å². The molecule has 1 aromatic carbocycles. The fourth-order valence-electron chi connectivity index (χ4n) is 3.12. The largest absolute Gasteiger partial charge is 0.495 e. The van der Waals surface area contributed by atoms with Gasteiger partial charge in [-0.15, -0.1) is 0 Å². The summed E-state index contributed by atoms with van der Waals surface area (Å²) in [5.74, 6) is -3.67. The number of nitrogens with one attached hydrogen (secondary N) is 1. The third-order valence-electron chi connectivity index (χ3n) is 4.69. The van der Waals surface area contributed by atoms with E-state index in [-0.39, 0.29) is 11.4 Å². The van der Waals surface area contributed by atoms with Crippen LogP contribution in [0.2, 0.25) is 0 Å². The lowest BCUT2D eigenvalue weighted by Crippen LogP contribution is -2.48. The Morgan fingerprint density at radius 2 is 2.06 bits per heavy atom. The summed E-state index contributed by atoms with van der Waals surface area (Å²) >= 11 is 0.